The first-order valence-corrected chi connectivity index (χ1v) is 6.01. The molecule has 2 nitrogen and oxygen atoms in total. The highest BCUT2D eigenvalue weighted by Gasteiger charge is 2.12. The zero-order valence-corrected chi connectivity index (χ0v) is 9.85. The van der Waals surface area contributed by atoms with Crippen molar-refractivity contribution in [3.8, 4) is 10.6 Å². The summed E-state index contributed by atoms with van der Waals surface area (Å²) in [4.78, 5) is 5.47. The van der Waals surface area contributed by atoms with Crippen LogP contribution >= 0.6 is 11.3 Å². The van der Waals surface area contributed by atoms with Gasteiger partial charge in [-0.2, -0.15) is 0 Å². The van der Waals surface area contributed by atoms with Gasteiger partial charge in [-0.05, 0) is 18.6 Å². The van der Waals surface area contributed by atoms with Crippen molar-refractivity contribution in [1.29, 1.82) is 0 Å². The van der Waals surface area contributed by atoms with E-state index in [0.29, 0.717) is 12.1 Å². The van der Waals surface area contributed by atoms with Gasteiger partial charge in [-0.15, -0.1) is 11.3 Å². The maximum Gasteiger partial charge on any atom is 0.133 e. The van der Waals surface area contributed by atoms with Crippen molar-refractivity contribution in [2.75, 3.05) is 0 Å². The lowest BCUT2D eigenvalue weighted by Crippen LogP contribution is -1.96. The zero-order valence-electron chi connectivity index (χ0n) is 9.03. The minimum absolute atomic E-state index is 0.234. The SMILES string of the molecule is CCc1nc(-c2ccccc2F)sc1CN. The summed E-state index contributed by atoms with van der Waals surface area (Å²) in [5, 5.41) is 0.718. The van der Waals surface area contributed by atoms with Crippen LogP contribution in [-0.4, -0.2) is 4.98 Å². The second-order valence-corrected chi connectivity index (χ2v) is 4.51. The van der Waals surface area contributed by atoms with Crippen molar-refractivity contribution in [2.45, 2.75) is 19.9 Å². The molecule has 1 aromatic heterocycles. The van der Waals surface area contributed by atoms with Gasteiger partial charge in [0, 0.05) is 17.0 Å². The molecule has 0 saturated heterocycles. The summed E-state index contributed by atoms with van der Waals surface area (Å²) in [6.07, 6.45) is 0.831. The average molecular weight is 236 g/mol. The molecule has 2 rings (SSSR count). The molecule has 4 heteroatoms. The summed E-state index contributed by atoms with van der Waals surface area (Å²) >= 11 is 1.48. The predicted octanol–water partition coefficient (Wildman–Crippen LogP) is 2.97. The highest BCUT2D eigenvalue weighted by Crippen LogP contribution is 2.29. The number of rotatable bonds is 3. The highest BCUT2D eigenvalue weighted by molar-refractivity contribution is 7.15. The Morgan fingerprint density at radius 2 is 2.12 bits per heavy atom. The zero-order chi connectivity index (χ0) is 11.5. The fourth-order valence-electron chi connectivity index (χ4n) is 1.57. The maximum absolute atomic E-state index is 13.6. The van der Waals surface area contributed by atoms with Crippen molar-refractivity contribution in [3.63, 3.8) is 0 Å². The summed E-state index contributed by atoms with van der Waals surface area (Å²) < 4.78 is 13.6. The molecule has 0 saturated carbocycles. The quantitative estimate of drug-likeness (QED) is 0.889. The van der Waals surface area contributed by atoms with Crippen LogP contribution in [0.4, 0.5) is 4.39 Å². The Bertz CT molecular complexity index is 472. The van der Waals surface area contributed by atoms with Gasteiger partial charge < -0.3 is 5.73 Å². The molecule has 0 bridgehead atoms. The standard InChI is InChI=1S/C12H13FN2S/c1-2-10-11(7-14)16-12(15-10)8-5-3-4-6-9(8)13/h3-6H,2,7,14H2,1H3. The van der Waals surface area contributed by atoms with Crippen molar-refractivity contribution in [3.05, 3.63) is 40.7 Å². The lowest BCUT2D eigenvalue weighted by molar-refractivity contribution is 0.631. The lowest BCUT2D eigenvalue weighted by atomic mass is 10.2. The molecule has 0 spiro atoms. The van der Waals surface area contributed by atoms with Crippen LogP contribution in [0, 0.1) is 5.82 Å². The van der Waals surface area contributed by atoms with Gasteiger partial charge in [-0.25, -0.2) is 9.37 Å². The summed E-state index contributed by atoms with van der Waals surface area (Å²) in [5.74, 6) is -0.234. The minimum atomic E-state index is -0.234. The number of halogens is 1. The lowest BCUT2D eigenvalue weighted by Gasteiger charge is -1.96. The molecule has 84 valence electrons. The van der Waals surface area contributed by atoms with E-state index in [4.69, 9.17) is 5.73 Å². The highest BCUT2D eigenvalue weighted by atomic mass is 32.1. The van der Waals surface area contributed by atoms with Gasteiger partial charge in [0.05, 0.1) is 5.69 Å². The Morgan fingerprint density at radius 3 is 2.69 bits per heavy atom. The first-order chi connectivity index (χ1) is 7.76. The van der Waals surface area contributed by atoms with E-state index >= 15 is 0 Å². The number of thiazole rings is 1. The molecule has 2 aromatic rings. The Balaban J connectivity index is 2.49. The van der Waals surface area contributed by atoms with Gasteiger partial charge >= 0.3 is 0 Å². The molecule has 1 heterocycles. The number of hydrogen-bond donors (Lipinski definition) is 1. The Labute approximate surface area is 97.9 Å². The second-order valence-electron chi connectivity index (χ2n) is 3.43. The average Bonchev–Trinajstić information content (AvgIpc) is 2.72. The Morgan fingerprint density at radius 1 is 1.38 bits per heavy atom. The van der Waals surface area contributed by atoms with Crippen molar-refractivity contribution >= 4 is 11.3 Å². The van der Waals surface area contributed by atoms with Crippen LogP contribution in [-0.2, 0) is 13.0 Å². The summed E-state index contributed by atoms with van der Waals surface area (Å²) in [7, 11) is 0. The molecule has 1 aromatic carbocycles. The molecule has 0 unspecified atom stereocenters. The summed E-state index contributed by atoms with van der Waals surface area (Å²) in [6, 6.07) is 6.68. The fraction of sp³-hybridized carbons (Fsp3) is 0.250. The normalized spacial score (nSPS) is 10.7. The van der Waals surface area contributed by atoms with E-state index in [9.17, 15) is 4.39 Å². The van der Waals surface area contributed by atoms with Crippen molar-refractivity contribution in [1.82, 2.24) is 4.98 Å². The molecular weight excluding hydrogens is 223 g/mol. The molecule has 0 fully saturated rings. The maximum atomic E-state index is 13.6. The topological polar surface area (TPSA) is 38.9 Å². The van der Waals surface area contributed by atoms with Crippen LogP contribution in [0.5, 0.6) is 0 Å². The van der Waals surface area contributed by atoms with Crippen LogP contribution in [0.15, 0.2) is 24.3 Å². The van der Waals surface area contributed by atoms with Gasteiger partial charge in [-0.3, -0.25) is 0 Å². The molecule has 16 heavy (non-hydrogen) atoms. The van der Waals surface area contributed by atoms with Crippen LogP contribution in [0.25, 0.3) is 10.6 Å². The molecule has 0 aliphatic rings. The predicted molar refractivity (Wildman–Crippen MR) is 64.8 cm³/mol. The Hall–Kier alpha value is -1.26. The fourth-order valence-corrected chi connectivity index (χ4v) is 2.62. The number of nitrogens with two attached hydrogens (primary N) is 1. The second kappa shape index (κ2) is 4.72. The van der Waals surface area contributed by atoms with E-state index in [0.717, 1.165) is 22.0 Å². The van der Waals surface area contributed by atoms with E-state index in [2.05, 4.69) is 4.98 Å². The number of aryl methyl sites for hydroxylation is 1. The third-order valence-electron chi connectivity index (χ3n) is 2.40. The van der Waals surface area contributed by atoms with E-state index in [1.165, 1.54) is 17.4 Å². The minimum Gasteiger partial charge on any atom is -0.326 e. The summed E-state index contributed by atoms with van der Waals surface area (Å²) in [5.41, 5.74) is 7.17. The third-order valence-corrected chi connectivity index (χ3v) is 3.56. The first kappa shape index (κ1) is 11.2. The van der Waals surface area contributed by atoms with Crippen molar-refractivity contribution in [2.24, 2.45) is 5.73 Å². The van der Waals surface area contributed by atoms with E-state index < -0.39 is 0 Å². The largest absolute Gasteiger partial charge is 0.326 e. The molecule has 0 aliphatic carbocycles. The van der Waals surface area contributed by atoms with Crippen LogP contribution in [0.1, 0.15) is 17.5 Å². The molecular formula is C12H13FN2S. The molecule has 0 amide bonds. The third kappa shape index (κ3) is 1.99. The molecule has 2 N–H and O–H groups in total. The molecule has 0 radical (unpaired) electrons. The number of benzene rings is 1. The van der Waals surface area contributed by atoms with Crippen LogP contribution < -0.4 is 5.73 Å². The van der Waals surface area contributed by atoms with Gasteiger partial charge in [0.2, 0.25) is 0 Å². The van der Waals surface area contributed by atoms with Gasteiger partial charge in [0.1, 0.15) is 10.8 Å². The number of hydrogen-bond acceptors (Lipinski definition) is 3. The van der Waals surface area contributed by atoms with E-state index in [1.807, 2.05) is 13.0 Å². The Kier molecular flexibility index (Phi) is 3.31. The first-order valence-electron chi connectivity index (χ1n) is 5.19. The van der Waals surface area contributed by atoms with Gasteiger partial charge in [0.25, 0.3) is 0 Å². The summed E-state index contributed by atoms with van der Waals surface area (Å²) in [6.45, 7) is 2.49. The van der Waals surface area contributed by atoms with Gasteiger partial charge in [0.15, 0.2) is 0 Å². The van der Waals surface area contributed by atoms with Crippen molar-refractivity contribution < 1.29 is 4.39 Å². The number of nitrogens with zero attached hydrogens (tertiary/aromatic N) is 1. The number of aromatic nitrogens is 1. The molecule has 0 atom stereocenters. The molecule has 0 aliphatic heterocycles. The van der Waals surface area contributed by atoms with Crippen LogP contribution in [0.3, 0.4) is 0 Å². The van der Waals surface area contributed by atoms with E-state index in [1.54, 1.807) is 12.1 Å². The smallest absolute Gasteiger partial charge is 0.133 e. The monoisotopic (exact) mass is 236 g/mol. The van der Waals surface area contributed by atoms with Gasteiger partial charge in [-0.1, -0.05) is 19.1 Å². The van der Waals surface area contributed by atoms with E-state index in [-0.39, 0.29) is 5.82 Å². The van der Waals surface area contributed by atoms with Crippen LogP contribution in [0.2, 0.25) is 0 Å².